The van der Waals surface area contributed by atoms with Crippen molar-refractivity contribution in [2.45, 2.75) is 25.3 Å². The summed E-state index contributed by atoms with van der Waals surface area (Å²) in [5, 5.41) is 3.06. The monoisotopic (exact) mass is 191 g/mol. The lowest BCUT2D eigenvalue weighted by Gasteiger charge is -2.13. The average Bonchev–Trinajstić information content (AvgIpc) is 2.61. The zero-order chi connectivity index (χ0) is 9.97. The molecule has 3 heteroatoms. The SMILES string of the molecule is CC1NC(C=O)OC1c1ccccc1. The van der Waals surface area contributed by atoms with E-state index in [9.17, 15) is 4.79 Å². The highest BCUT2D eigenvalue weighted by Crippen LogP contribution is 2.26. The molecule has 14 heavy (non-hydrogen) atoms. The van der Waals surface area contributed by atoms with Gasteiger partial charge in [-0.25, -0.2) is 0 Å². The Balaban J connectivity index is 2.16. The molecule has 1 N–H and O–H groups in total. The number of carbonyl (C=O) groups excluding carboxylic acids is 1. The van der Waals surface area contributed by atoms with Crippen LogP contribution in [-0.2, 0) is 9.53 Å². The van der Waals surface area contributed by atoms with Crippen molar-refractivity contribution in [1.29, 1.82) is 0 Å². The van der Waals surface area contributed by atoms with Gasteiger partial charge in [-0.3, -0.25) is 10.1 Å². The van der Waals surface area contributed by atoms with Crippen molar-refractivity contribution in [1.82, 2.24) is 5.32 Å². The van der Waals surface area contributed by atoms with Crippen molar-refractivity contribution >= 4 is 6.29 Å². The minimum Gasteiger partial charge on any atom is -0.347 e. The highest BCUT2D eigenvalue weighted by molar-refractivity contribution is 5.56. The van der Waals surface area contributed by atoms with Crippen LogP contribution < -0.4 is 5.32 Å². The van der Waals surface area contributed by atoms with Crippen molar-refractivity contribution in [3.8, 4) is 0 Å². The lowest BCUT2D eigenvalue weighted by molar-refractivity contribution is -0.118. The van der Waals surface area contributed by atoms with Gasteiger partial charge < -0.3 is 4.74 Å². The molecule has 1 aromatic carbocycles. The van der Waals surface area contributed by atoms with E-state index in [-0.39, 0.29) is 12.1 Å². The highest BCUT2D eigenvalue weighted by atomic mass is 16.5. The molecular weight excluding hydrogens is 178 g/mol. The predicted octanol–water partition coefficient (Wildman–Crippen LogP) is 1.26. The molecule has 0 saturated carbocycles. The quantitative estimate of drug-likeness (QED) is 0.715. The minimum atomic E-state index is -0.463. The van der Waals surface area contributed by atoms with E-state index < -0.39 is 6.23 Å². The molecule has 0 aliphatic carbocycles. The number of ether oxygens (including phenoxy) is 1. The van der Waals surface area contributed by atoms with Gasteiger partial charge in [0.25, 0.3) is 0 Å². The second-order valence-corrected chi connectivity index (χ2v) is 3.48. The fraction of sp³-hybridized carbons (Fsp3) is 0.364. The van der Waals surface area contributed by atoms with Crippen molar-refractivity contribution in [3.63, 3.8) is 0 Å². The average molecular weight is 191 g/mol. The summed E-state index contributed by atoms with van der Waals surface area (Å²) >= 11 is 0. The summed E-state index contributed by atoms with van der Waals surface area (Å²) in [5.41, 5.74) is 1.11. The van der Waals surface area contributed by atoms with Crippen molar-refractivity contribution in [3.05, 3.63) is 35.9 Å². The molecule has 1 saturated heterocycles. The minimum absolute atomic E-state index is 0.0219. The summed E-state index contributed by atoms with van der Waals surface area (Å²) in [6.07, 6.45) is 0.306. The van der Waals surface area contributed by atoms with E-state index in [0.717, 1.165) is 11.8 Å². The standard InChI is InChI=1S/C11H13NO2/c1-8-11(14-10(7-13)12-8)9-5-3-2-4-6-9/h2-8,10-12H,1H3. The molecule has 1 aromatic rings. The number of aldehydes is 1. The van der Waals surface area contributed by atoms with Crippen LogP contribution in [0, 0.1) is 0 Å². The van der Waals surface area contributed by atoms with Gasteiger partial charge in [0.15, 0.2) is 12.5 Å². The van der Waals surface area contributed by atoms with Crippen LogP contribution in [0.4, 0.5) is 0 Å². The maximum atomic E-state index is 10.5. The van der Waals surface area contributed by atoms with Gasteiger partial charge in [-0.2, -0.15) is 0 Å². The van der Waals surface area contributed by atoms with Gasteiger partial charge in [0.2, 0.25) is 0 Å². The van der Waals surface area contributed by atoms with Crippen LogP contribution in [0.5, 0.6) is 0 Å². The summed E-state index contributed by atoms with van der Waals surface area (Å²) in [6, 6.07) is 10.1. The van der Waals surface area contributed by atoms with E-state index in [0.29, 0.717) is 0 Å². The molecule has 3 unspecified atom stereocenters. The molecule has 3 atom stereocenters. The van der Waals surface area contributed by atoms with Crippen molar-refractivity contribution < 1.29 is 9.53 Å². The van der Waals surface area contributed by atoms with Gasteiger partial charge in [-0.05, 0) is 12.5 Å². The van der Waals surface area contributed by atoms with E-state index >= 15 is 0 Å². The largest absolute Gasteiger partial charge is 0.347 e. The van der Waals surface area contributed by atoms with Crippen LogP contribution in [-0.4, -0.2) is 18.6 Å². The Kier molecular flexibility index (Phi) is 2.61. The predicted molar refractivity (Wildman–Crippen MR) is 52.7 cm³/mol. The summed E-state index contributed by atoms with van der Waals surface area (Å²) in [5.74, 6) is 0. The molecule has 0 amide bonds. The zero-order valence-electron chi connectivity index (χ0n) is 8.01. The first kappa shape index (κ1) is 9.37. The molecule has 1 heterocycles. The summed E-state index contributed by atoms with van der Waals surface area (Å²) in [4.78, 5) is 10.5. The van der Waals surface area contributed by atoms with Gasteiger partial charge in [-0.15, -0.1) is 0 Å². The third-order valence-electron chi connectivity index (χ3n) is 2.43. The van der Waals surface area contributed by atoms with E-state index in [1.165, 1.54) is 0 Å². The van der Waals surface area contributed by atoms with Crippen LogP contribution in [0.25, 0.3) is 0 Å². The Bertz CT molecular complexity index is 312. The molecule has 74 valence electrons. The molecule has 0 aromatic heterocycles. The van der Waals surface area contributed by atoms with Crippen molar-refractivity contribution in [2.24, 2.45) is 0 Å². The molecule has 1 aliphatic rings. The molecule has 3 nitrogen and oxygen atoms in total. The van der Waals surface area contributed by atoms with E-state index in [1.54, 1.807) is 0 Å². The molecule has 0 spiro atoms. The normalized spacial score (nSPS) is 31.6. The van der Waals surface area contributed by atoms with Gasteiger partial charge in [0.1, 0.15) is 6.10 Å². The fourth-order valence-electron chi connectivity index (χ4n) is 1.74. The highest BCUT2D eigenvalue weighted by Gasteiger charge is 2.31. The first-order valence-electron chi connectivity index (χ1n) is 4.73. The third-order valence-corrected chi connectivity index (χ3v) is 2.43. The molecular formula is C11H13NO2. The van der Waals surface area contributed by atoms with Gasteiger partial charge in [0, 0.05) is 6.04 Å². The number of carbonyl (C=O) groups is 1. The first-order chi connectivity index (χ1) is 6.81. The number of hydrogen-bond acceptors (Lipinski definition) is 3. The first-order valence-corrected chi connectivity index (χ1v) is 4.73. The number of hydrogen-bond donors (Lipinski definition) is 1. The van der Waals surface area contributed by atoms with Crippen LogP contribution in [0.15, 0.2) is 30.3 Å². The van der Waals surface area contributed by atoms with Crippen LogP contribution in [0.3, 0.4) is 0 Å². The van der Waals surface area contributed by atoms with Crippen LogP contribution >= 0.6 is 0 Å². The lowest BCUT2D eigenvalue weighted by Crippen LogP contribution is -2.29. The van der Waals surface area contributed by atoms with Crippen LogP contribution in [0.1, 0.15) is 18.6 Å². The second kappa shape index (κ2) is 3.90. The Morgan fingerprint density at radius 1 is 1.36 bits per heavy atom. The Morgan fingerprint density at radius 2 is 2.07 bits per heavy atom. The Morgan fingerprint density at radius 3 is 2.64 bits per heavy atom. The Hall–Kier alpha value is -1.19. The van der Waals surface area contributed by atoms with E-state index in [4.69, 9.17) is 4.74 Å². The fourth-order valence-corrected chi connectivity index (χ4v) is 1.74. The van der Waals surface area contributed by atoms with Crippen LogP contribution in [0.2, 0.25) is 0 Å². The second-order valence-electron chi connectivity index (χ2n) is 3.48. The lowest BCUT2D eigenvalue weighted by atomic mass is 10.0. The summed E-state index contributed by atoms with van der Waals surface area (Å²) in [7, 11) is 0. The summed E-state index contributed by atoms with van der Waals surface area (Å²) in [6.45, 7) is 2.02. The maximum Gasteiger partial charge on any atom is 0.165 e. The molecule has 0 bridgehead atoms. The number of nitrogens with one attached hydrogen (secondary N) is 1. The summed E-state index contributed by atoms with van der Waals surface area (Å²) < 4.78 is 5.53. The van der Waals surface area contributed by atoms with E-state index in [1.807, 2.05) is 37.3 Å². The topological polar surface area (TPSA) is 38.3 Å². The zero-order valence-corrected chi connectivity index (χ0v) is 8.01. The van der Waals surface area contributed by atoms with Gasteiger partial charge in [-0.1, -0.05) is 30.3 Å². The molecule has 1 aliphatic heterocycles. The van der Waals surface area contributed by atoms with Gasteiger partial charge in [0.05, 0.1) is 0 Å². The van der Waals surface area contributed by atoms with Gasteiger partial charge >= 0.3 is 0 Å². The Labute approximate surface area is 83.1 Å². The van der Waals surface area contributed by atoms with Crippen molar-refractivity contribution in [2.75, 3.05) is 0 Å². The molecule has 1 fully saturated rings. The molecule has 2 rings (SSSR count). The maximum absolute atomic E-state index is 10.5. The smallest absolute Gasteiger partial charge is 0.165 e. The number of benzene rings is 1. The molecule has 0 radical (unpaired) electrons. The number of rotatable bonds is 2. The third kappa shape index (κ3) is 1.69. The van der Waals surface area contributed by atoms with E-state index in [2.05, 4.69) is 5.32 Å².